The van der Waals surface area contributed by atoms with Crippen molar-refractivity contribution in [3.05, 3.63) is 11.7 Å². The van der Waals surface area contributed by atoms with E-state index in [-0.39, 0.29) is 24.4 Å². The molecule has 6 nitrogen and oxygen atoms in total. The molecule has 0 aliphatic carbocycles. The second-order valence-corrected chi connectivity index (χ2v) is 6.40. The van der Waals surface area contributed by atoms with Crippen molar-refractivity contribution in [2.45, 2.75) is 57.3 Å². The number of amides is 1. The average Bonchev–Trinajstić information content (AvgIpc) is 3.15. The van der Waals surface area contributed by atoms with E-state index >= 15 is 0 Å². The summed E-state index contributed by atoms with van der Waals surface area (Å²) in [5.41, 5.74) is 0. The van der Waals surface area contributed by atoms with Crippen LogP contribution < -0.4 is 0 Å². The lowest BCUT2D eigenvalue weighted by Crippen LogP contribution is -2.41. The zero-order valence-electron chi connectivity index (χ0n) is 13.4. The maximum atomic E-state index is 12.6. The minimum absolute atomic E-state index is 0.00789. The molecule has 2 fully saturated rings. The highest BCUT2D eigenvalue weighted by molar-refractivity contribution is 5.77. The van der Waals surface area contributed by atoms with E-state index in [4.69, 9.17) is 4.52 Å². The van der Waals surface area contributed by atoms with Crippen molar-refractivity contribution >= 4 is 5.91 Å². The summed E-state index contributed by atoms with van der Waals surface area (Å²) in [6.07, 6.45) is 0.839. The van der Waals surface area contributed by atoms with Crippen LogP contribution in [0.5, 0.6) is 0 Å². The summed E-state index contributed by atoms with van der Waals surface area (Å²) in [6.45, 7) is 2.53. The molecule has 0 unspecified atom stereocenters. The number of halogens is 3. The van der Waals surface area contributed by atoms with Gasteiger partial charge in [-0.3, -0.25) is 9.69 Å². The Balaban J connectivity index is 1.58. The van der Waals surface area contributed by atoms with Crippen molar-refractivity contribution in [1.29, 1.82) is 0 Å². The van der Waals surface area contributed by atoms with E-state index in [0.717, 1.165) is 45.2 Å². The highest BCUT2D eigenvalue weighted by atomic mass is 19.4. The molecule has 1 atom stereocenters. The maximum Gasteiger partial charge on any atom is 0.455 e. The summed E-state index contributed by atoms with van der Waals surface area (Å²) >= 11 is 0. The molecular weight excluding hydrogens is 325 g/mol. The molecule has 3 heterocycles. The monoisotopic (exact) mass is 346 g/mol. The van der Waals surface area contributed by atoms with Gasteiger partial charge in [0, 0.05) is 25.6 Å². The molecule has 0 N–H and O–H groups in total. The van der Waals surface area contributed by atoms with Crippen molar-refractivity contribution in [2.24, 2.45) is 0 Å². The van der Waals surface area contributed by atoms with E-state index in [1.807, 2.05) is 4.90 Å². The third-order valence-electron chi connectivity index (χ3n) is 4.71. The molecule has 0 radical (unpaired) electrons. The molecule has 0 spiro atoms. The molecule has 0 aromatic carbocycles. The van der Waals surface area contributed by atoms with Gasteiger partial charge in [0.15, 0.2) is 0 Å². The Kier molecular flexibility index (Phi) is 5.07. The fourth-order valence-electron chi connectivity index (χ4n) is 3.45. The molecule has 0 bridgehead atoms. The van der Waals surface area contributed by atoms with E-state index in [9.17, 15) is 18.0 Å². The third-order valence-corrected chi connectivity index (χ3v) is 4.71. The first-order valence-electron chi connectivity index (χ1n) is 8.35. The summed E-state index contributed by atoms with van der Waals surface area (Å²) in [5.74, 6) is -1.04. The van der Waals surface area contributed by atoms with Gasteiger partial charge in [0.05, 0.1) is 6.54 Å². The standard InChI is InChI=1S/C15H21F3N4O2/c16-15(17,18)14-19-12(24-20-14)10-22-7-2-1-4-11(22)6-9-21-8-3-5-13(21)23/h11H,1-10H2/t11-/m1/s1. The third kappa shape index (κ3) is 4.06. The van der Waals surface area contributed by atoms with E-state index in [0.29, 0.717) is 13.0 Å². The Morgan fingerprint density at radius 3 is 2.71 bits per heavy atom. The predicted molar refractivity (Wildman–Crippen MR) is 77.8 cm³/mol. The number of hydrogen-bond donors (Lipinski definition) is 0. The molecule has 2 saturated heterocycles. The first kappa shape index (κ1) is 17.2. The SMILES string of the molecule is O=C1CCCN1CC[C@H]1CCCCN1Cc1nc(C(F)(F)F)no1. The van der Waals surface area contributed by atoms with Crippen LogP contribution in [-0.2, 0) is 17.5 Å². The minimum atomic E-state index is -4.58. The Bertz CT molecular complexity index is 575. The molecule has 3 rings (SSSR count). The smallest absolute Gasteiger partial charge is 0.343 e. The second kappa shape index (κ2) is 7.08. The van der Waals surface area contributed by atoms with Crippen LogP contribution in [0.2, 0.25) is 0 Å². The van der Waals surface area contributed by atoms with Gasteiger partial charge in [-0.15, -0.1) is 0 Å². The van der Waals surface area contributed by atoms with Gasteiger partial charge in [0.25, 0.3) is 5.82 Å². The number of piperidine rings is 1. The number of likely N-dealkylation sites (tertiary alicyclic amines) is 2. The molecule has 1 amide bonds. The maximum absolute atomic E-state index is 12.6. The lowest BCUT2D eigenvalue weighted by molar-refractivity contribution is -0.146. The predicted octanol–water partition coefficient (Wildman–Crippen LogP) is 2.46. The van der Waals surface area contributed by atoms with Crippen molar-refractivity contribution in [1.82, 2.24) is 19.9 Å². The van der Waals surface area contributed by atoms with Crippen LogP contribution in [0.15, 0.2) is 4.52 Å². The van der Waals surface area contributed by atoms with Crippen LogP contribution in [0.1, 0.15) is 50.2 Å². The molecule has 9 heteroatoms. The Hall–Kier alpha value is -1.64. The van der Waals surface area contributed by atoms with Crippen LogP contribution in [0.3, 0.4) is 0 Å². The number of carbonyl (C=O) groups is 1. The van der Waals surface area contributed by atoms with Crippen LogP contribution >= 0.6 is 0 Å². The number of rotatable bonds is 5. The van der Waals surface area contributed by atoms with Gasteiger partial charge in [-0.05, 0) is 32.2 Å². The van der Waals surface area contributed by atoms with Gasteiger partial charge in [-0.1, -0.05) is 11.6 Å². The molecule has 1 aromatic rings. The van der Waals surface area contributed by atoms with Crippen LogP contribution in [-0.4, -0.2) is 51.5 Å². The highest BCUT2D eigenvalue weighted by Gasteiger charge is 2.37. The topological polar surface area (TPSA) is 62.5 Å². The lowest BCUT2D eigenvalue weighted by Gasteiger charge is -2.35. The number of nitrogens with zero attached hydrogens (tertiary/aromatic N) is 4. The van der Waals surface area contributed by atoms with Crippen LogP contribution in [0.25, 0.3) is 0 Å². The Morgan fingerprint density at radius 2 is 2.04 bits per heavy atom. The highest BCUT2D eigenvalue weighted by Crippen LogP contribution is 2.27. The second-order valence-electron chi connectivity index (χ2n) is 6.40. The van der Waals surface area contributed by atoms with E-state index in [1.165, 1.54) is 0 Å². The fraction of sp³-hybridized carbons (Fsp3) is 0.800. The van der Waals surface area contributed by atoms with Gasteiger partial charge in [-0.2, -0.15) is 18.2 Å². The number of aromatic nitrogens is 2. The fourth-order valence-corrected chi connectivity index (χ4v) is 3.45. The summed E-state index contributed by atoms with van der Waals surface area (Å²) in [7, 11) is 0. The normalized spacial score (nSPS) is 23.2. The molecule has 2 aliphatic rings. The van der Waals surface area contributed by atoms with Crippen LogP contribution in [0, 0.1) is 0 Å². The van der Waals surface area contributed by atoms with Crippen molar-refractivity contribution in [3.8, 4) is 0 Å². The number of alkyl halides is 3. The zero-order chi connectivity index (χ0) is 17.2. The van der Waals surface area contributed by atoms with Gasteiger partial charge < -0.3 is 9.42 Å². The van der Waals surface area contributed by atoms with Crippen molar-refractivity contribution in [2.75, 3.05) is 19.6 Å². The number of carbonyl (C=O) groups excluding carboxylic acids is 1. The Labute approximate surface area is 138 Å². The minimum Gasteiger partial charge on any atom is -0.343 e. The van der Waals surface area contributed by atoms with Crippen molar-refractivity contribution in [3.63, 3.8) is 0 Å². The average molecular weight is 346 g/mol. The van der Waals surface area contributed by atoms with Gasteiger partial charge in [0.1, 0.15) is 0 Å². The first-order valence-corrected chi connectivity index (χ1v) is 8.35. The van der Waals surface area contributed by atoms with E-state index in [1.54, 1.807) is 0 Å². The van der Waals surface area contributed by atoms with E-state index in [2.05, 4.69) is 15.0 Å². The molecule has 2 aliphatic heterocycles. The van der Waals surface area contributed by atoms with Gasteiger partial charge in [0.2, 0.25) is 11.8 Å². The summed E-state index contributed by atoms with van der Waals surface area (Å²) in [6, 6.07) is 0.230. The lowest BCUT2D eigenvalue weighted by atomic mass is 9.99. The first-order chi connectivity index (χ1) is 11.4. The van der Waals surface area contributed by atoms with Crippen molar-refractivity contribution < 1.29 is 22.5 Å². The van der Waals surface area contributed by atoms with E-state index < -0.39 is 12.0 Å². The quantitative estimate of drug-likeness (QED) is 0.820. The number of hydrogen-bond acceptors (Lipinski definition) is 5. The molecule has 24 heavy (non-hydrogen) atoms. The zero-order valence-corrected chi connectivity index (χ0v) is 13.4. The molecule has 134 valence electrons. The molecule has 1 aromatic heterocycles. The van der Waals surface area contributed by atoms with Crippen LogP contribution in [0.4, 0.5) is 13.2 Å². The van der Waals surface area contributed by atoms with Gasteiger partial charge >= 0.3 is 6.18 Å². The molecular formula is C15H21F3N4O2. The Morgan fingerprint density at radius 1 is 1.21 bits per heavy atom. The molecule has 0 saturated carbocycles. The van der Waals surface area contributed by atoms with Gasteiger partial charge in [-0.25, -0.2) is 0 Å². The summed E-state index contributed by atoms with van der Waals surface area (Å²) in [5, 5.41) is 3.01. The summed E-state index contributed by atoms with van der Waals surface area (Å²) in [4.78, 5) is 19.1. The summed E-state index contributed by atoms with van der Waals surface area (Å²) < 4.78 is 42.4. The largest absolute Gasteiger partial charge is 0.455 e.